The van der Waals surface area contributed by atoms with E-state index in [1.54, 1.807) is 12.1 Å². The second-order valence-corrected chi connectivity index (χ2v) is 7.70. The predicted octanol–water partition coefficient (Wildman–Crippen LogP) is 2.07. The molecule has 2 fully saturated rings. The molecule has 1 saturated heterocycles. The molecular weight excluding hydrogens is 370 g/mol. The van der Waals surface area contributed by atoms with Gasteiger partial charge in [-0.3, -0.25) is 9.59 Å². The molecule has 1 aromatic rings. The van der Waals surface area contributed by atoms with E-state index in [-0.39, 0.29) is 23.1 Å². The van der Waals surface area contributed by atoms with Gasteiger partial charge in [-0.1, -0.05) is 22.0 Å². The van der Waals surface area contributed by atoms with Crippen molar-refractivity contribution in [1.29, 1.82) is 0 Å². The summed E-state index contributed by atoms with van der Waals surface area (Å²) in [5.74, 6) is 0.310. The minimum Gasteiger partial charge on any atom is -0.356 e. The summed E-state index contributed by atoms with van der Waals surface area (Å²) < 4.78 is 0.888. The predicted molar refractivity (Wildman–Crippen MR) is 96.7 cm³/mol. The minimum atomic E-state index is -0.0847. The minimum absolute atomic E-state index is 0.0847. The maximum Gasteiger partial charge on any atom is 0.251 e. The number of benzene rings is 1. The molecule has 1 aliphatic carbocycles. The van der Waals surface area contributed by atoms with Crippen LogP contribution in [0.1, 0.15) is 36.0 Å². The molecule has 1 aromatic carbocycles. The van der Waals surface area contributed by atoms with E-state index in [0.29, 0.717) is 18.7 Å². The fourth-order valence-corrected chi connectivity index (χ4v) is 3.95. The van der Waals surface area contributed by atoms with Crippen molar-refractivity contribution in [2.24, 2.45) is 11.3 Å². The summed E-state index contributed by atoms with van der Waals surface area (Å²) in [7, 11) is 0. The van der Waals surface area contributed by atoms with Crippen molar-refractivity contribution in [3.8, 4) is 0 Å². The van der Waals surface area contributed by atoms with E-state index < -0.39 is 0 Å². The zero-order valence-electron chi connectivity index (χ0n) is 13.7. The highest BCUT2D eigenvalue weighted by atomic mass is 79.9. The molecule has 1 spiro atoms. The quantitative estimate of drug-likeness (QED) is 0.647. The SMILES string of the molecule is O=C(NCCCNC(=O)C1CC12CCNCC2)c1cccc(Br)c1. The number of carbonyl (C=O) groups excluding carboxylic acids is 2. The van der Waals surface area contributed by atoms with E-state index >= 15 is 0 Å². The van der Waals surface area contributed by atoms with Gasteiger partial charge >= 0.3 is 0 Å². The maximum absolute atomic E-state index is 12.2. The van der Waals surface area contributed by atoms with Crippen LogP contribution in [-0.4, -0.2) is 38.0 Å². The van der Waals surface area contributed by atoms with Gasteiger partial charge in [-0.2, -0.15) is 0 Å². The first-order valence-corrected chi connectivity index (χ1v) is 9.42. The third-order valence-corrected chi connectivity index (χ3v) is 5.62. The summed E-state index contributed by atoms with van der Waals surface area (Å²) in [6.45, 7) is 3.24. The first kappa shape index (κ1) is 17.4. The Bertz CT molecular complexity index is 614. The molecule has 1 aliphatic heterocycles. The average molecular weight is 394 g/mol. The lowest BCUT2D eigenvalue weighted by Crippen LogP contribution is -2.34. The van der Waals surface area contributed by atoms with Crippen LogP contribution < -0.4 is 16.0 Å². The molecule has 1 saturated carbocycles. The molecule has 5 nitrogen and oxygen atoms in total. The van der Waals surface area contributed by atoms with Crippen LogP contribution in [0.3, 0.4) is 0 Å². The molecule has 3 N–H and O–H groups in total. The molecule has 1 unspecified atom stereocenters. The standard InChI is InChI=1S/C18H24BrN3O2/c19-14-4-1-3-13(11-14)16(23)21-7-2-8-22-17(24)15-12-18(15)5-9-20-10-6-18/h1,3-4,11,15,20H,2,5-10,12H2,(H,21,23)(H,22,24). The van der Waals surface area contributed by atoms with Crippen molar-refractivity contribution >= 4 is 27.7 Å². The van der Waals surface area contributed by atoms with Crippen molar-refractivity contribution in [3.05, 3.63) is 34.3 Å². The highest BCUT2D eigenvalue weighted by Crippen LogP contribution is 2.58. The normalized spacial score (nSPS) is 21.3. The monoisotopic (exact) mass is 393 g/mol. The molecule has 6 heteroatoms. The molecule has 0 bridgehead atoms. The largest absolute Gasteiger partial charge is 0.356 e. The van der Waals surface area contributed by atoms with Gasteiger partial charge < -0.3 is 16.0 Å². The number of amides is 2. The van der Waals surface area contributed by atoms with Crippen molar-refractivity contribution in [1.82, 2.24) is 16.0 Å². The number of hydrogen-bond acceptors (Lipinski definition) is 3. The van der Waals surface area contributed by atoms with E-state index in [2.05, 4.69) is 31.9 Å². The Morgan fingerprint density at radius 1 is 1.21 bits per heavy atom. The number of carbonyl (C=O) groups is 2. The summed E-state index contributed by atoms with van der Waals surface area (Å²) in [6.07, 6.45) is 4.02. The lowest BCUT2D eigenvalue weighted by molar-refractivity contribution is -0.123. The van der Waals surface area contributed by atoms with Gasteiger partial charge in [0.1, 0.15) is 0 Å². The Labute approximate surface area is 151 Å². The first-order valence-electron chi connectivity index (χ1n) is 8.63. The second kappa shape index (κ2) is 7.66. The van der Waals surface area contributed by atoms with Crippen LogP contribution in [0.4, 0.5) is 0 Å². The maximum atomic E-state index is 12.2. The summed E-state index contributed by atoms with van der Waals surface area (Å²) >= 11 is 3.36. The topological polar surface area (TPSA) is 70.2 Å². The van der Waals surface area contributed by atoms with Gasteiger partial charge in [0.15, 0.2) is 0 Å². The van der Waals surface area contributed by atoms with Crippen LogP contribution in [0.25, 0.3) is 0 Å². The summed E-state index contributed by atoms with van der Waals surface area (Å²) in [4.78, 5) is 24.2. The third-order valence-electron chi connectivity index (χ3n) is 5.13. The van der Waals surface area contributed by atoms with Gasteiger partial charge in [0.2, 0.25) is 5.91 Å². The Kier molecular flexibility index (Phi) is 5.56. The molecular formula is C18H24BrN3O2. The zero-order valence-corrected chi connectivity index (χ0v) is 15.3. The molecule has 1 heterocycles. The van der Waals surface area contributed by atoms with E-state index in [4.69, 9.17) is 0 Å². The molecule has 1 atom stereocenters. The van der Waals surface area contributed by atoms with E-state index in [1.165, 1.54) is 0 Å². The van der Waals surface area contributed by atoms with Gasteiger partial charge in [-0.15, -0.1) is 0 Å². The van der Waals surface area contributed by atoms with E-state index in [9.17, 15) is 9.59 Å². The van der Waals surface area contributed by atoms with Crippen molar-refractivity contribution in [2.75, 3.05) is 26.2 Å². The van der Waals surface area contributed by atoms with Crippen LogP contribution in [0.5, 0.6) is 0 Å². The lowest BCUT2D eigenvalue weighted by atomic mass is 9.92. The highest BCUT2D eigenvalue weighted by molar-refractivity contribution is 9.10. The molecule has 130 valence electrons. The molecule has 24 heavy (non-hydrogen) atoms. The molecule has 0 radical (unpaired) electrons. The van der Waals surface area contributed by atoms with E-state index in [1.807, 2.05) is 12.1 Å². The van der Waals surface area contributed by atoms with E-state index in [0.717, 1.165) is 43.2 Å². The first-order chi connectivity index (χ1) is 11.6. The fourth-order valence-electron chi connectivity index (χ4n) is 3.55. The number of piperidine rings is 1. The van der Waals surface area contributed by atoms with Crippen LogP contribution >= 0.6 is 15.9 Å². The fraction of sp³-hybridized carbons (Fsp3) is 0.556. The Morgan fingerprint density at radius 3 is 2.71 bits per heavy atom. The molecule has 2 aliphatic rings. The Hall–Kier alpha value is -1.40. The number of rotatable bonds is 6. The average Bonchev–Trinajstić information content (AvgIpc) is 3.28. The number of nitrogens with one attached hydrogen (secondary N) is 3. The lowest BCUT2D eigenvalue weighted by Gasteiger charge is -2.23. The van der Waals surface area contributed by atoms with Crippen molar-refractivity contribution < 1.29 is 9.59 Å². The van der Waals surface area contributed by atoms with Crippen molar-refractivity contribution in [3.63, 3.8) is 0 Å². The van der Waals surface area contributed by atoms with Gasteiger partial charge in [0.25, 0.3) is 5.91 Å². The van der Waals surface area contributed by atoms with Crippen LogP contribution in [0, 0.1) is 11.3 Å². The zero-order chi connectivity index (χ0) is 17.0. The van der Waals surface area contributed by atoms with Gasteiger partial charge in [-0.05, 0) is 62.4 Å². The Morgan fingerprint density at radius 2 is 1.96 bits per heavy atom. The van der Waals surface area contributed by atoms with Gasteiger partial charge in [0, 0.05) is 29.0 Å². The Balaban J connectivity index is 1.31. The van der Waals surface area contributed by atoms with Crippen LogP contribution in [-0.2, 0) is 4.79 Å². The second-order valence-electron chi connectivity index (χ2n) is 6.78. The highest BCUT2D eigenvalue weighted by Gasteiger charge is 2.57. The molecule has 3 rings (SSSR count). The summed E-state index contributed by atoms with van der Waals surface area (Å²) in [5.41, 5.74) is 0.920. The summed E-state index contributed by atoms with van der Waals surface area (Å²) in [5, 5.41) is 9.26. The van der Waals surface area contributed by atoms with Crippen molar-refractivity contribution in [2.45, 2.75) is 25.7 Å². The summed E-state index contributed by atoms with van der Waals surface area (Å²) in [6, 6.07) is 7.31. The van der Waals surface area contributed by atoms with Crippen LogP contribution in [0.2, 0.25) is 0 Å². The van der Waals surface area contributed by atoms with Crippen LogP contribution in [0.15, 0.2) is 28.7 Å². The van der Waals surface area contributed by atoms with Gasteiger partial charge in [0.05, 0.1) is 0 Å². The molecule has 0 aromatic heterocycles. The van der Waals surface area contributed by atoms with Gasteiger partial charge in [-0.25, -0.2) is 0 Å². The third kappa shape index (κ3) is 4.16. The number of halogens is 1. The number of hydrogen-bond donors (Lipinski definition) is 3. The smallest absolute Gasteiger partial charge is 0.251 e. The molecule has 2 amide bonds.